The molecule has 0 amide bonds. The molecule has 3 heteroatoms. The second-order valence-corrected chi connectivity index (χ2v) is 5.59. The highest BCUT2D eigenvalue weighted by Gasteiger charge is 2.34. The van der Waals surface area contributed by atoms with Crippen molar-refractivity contribution in [3.63, 3.8) is 0 Å². The highest BCUT2D eigenvalue weighted by molar-refractivity contribution is 5.44. The van der Waals surface area contributed by atoms with E-state index in [4.69, 9.17) is 0 Å². The molecule has 2 rings (SSSR count). The molecular formula is C18H19F3. The molecule has 0 heterocycles. The quantitative estimate of drug-likeness (QED) is 0.681. The molecule has 0 aliphatic carbocycles. The van der Waals surface area contributed by atoms with Gasteiger partial charge in [-0.05, 0) is 43.0 Å². The standard InChI is InChI=1S/C18H19F3/c1-12-9-13(2)17(14(3)10-12)16(11-18(19,20)21)15-7-5-4-6-8-15/h4-10,16H,11H2,1-3H3/t16-/m0/s1. The lowest BCUT2D eigenvalue weighted by molar-refractivity contribution is -0.136. The zero-order chi connectivity index (χ0) is 15.6. The molecule has 0 aromatic heterocycles. The molecule has 0 fully saturated rings. The van der Waals surface area contributed by atoms with Crippen LogP contribution in [-0.2, 0) is 0 Å². The molecule has 0 bridgehead atoms. The number of hydrogen-bond acceptors (Lipinski definition) is 0. The normalized spacial score (nSPS) is 13.2. The fraction of sp³-hybridized carbons (Fsp3) is 0.333. The molecule has 112 valence electrons. The third-order valence-corrected chi connectivity index (χ3v) is 3.72. The molecule has 2 aromatic carbocycles. The minimum Gasteiger partial charge on any atom is -0.171 e. The van der Waals surface area contributed by atoms with E-state index < -0.39 is 18.5 Å². The smallest absolute Gasteiger partial charge is 0.171 e. The van der Waals surface area contributed by atoms with Crippen LogP contribution in [0.3, 0.4) is 0 Å². The van der Waals surface area contributed by atoms with Crippen molar-refractivity contribution in [1.82, 2.24) is 0 Å². The first kappa shape index (κ1) is 15.6. The van der Waals surface area contributed by atoms with E-state index in [9.17, 15) is 13.2 Å². The minimum absolute atomic E-state index is 0.646. The summed E-state index contributed by atoms with van der Waals surface area (Å²) < 4.78 is 39.1. The molecule has 0 aliphatic rings. The Labute approximate surface area is 123 Å². The van der Waals surface area contributed by atoms with Crippen molar-refractivity contribution in [2.24, 2.45) is 0 Å². The van der Waals surface area contributed by atoms with Gasteiger partial charge in [0.2, 0.25) is 0 Å². The summed E-state index contributed by atoms with van der Waals surface area (Å²) in [6, 6.07) is 12.9. The van der Waals surface area contributed by atoms with Crippen LogP contribution < -0.4 is 0 Å². The van der Waals surface area contributed by atoms with Crippen molar-refractivity contribution >= 4 is 0 Å². The summed E-state index contributed by atoms with van der Waals surface area (Å²) in [4.78, 5) is 0. The van der Waals surface area contributed by atoms with Gasteiger partial charge in [-0.1, -0.05) is 48.0 Å². The molecule has 2 aromatic rings. The molecule has 0 spiro atoms. The third kappa shape index (κ3) is 3.87. The lowest BCUT2D eigenvalue weighted by Crippen LogP contribution is -2.16. The average molecular weight is 292 g/mol. The van der Waals surface area contributed by atoms with Crippen molar-refractivity contribution in [1.29, 1.82) is 0 Å². The van der Waals surface area contributed by atoms with Crippen molar-refractivity contribution in [2.45, 2.75) is 39.3 Å². The van der Waals surface area contributed by atoms with Crippen LogP contribution in [0.25, 0.3) is 0 Å². The zero-order valence-corrected chi connectivity index (χ0v) is 12.5. The molecule has 0 radical (unpaired) electrons. The molecule has 0 nitrogen and oxygen atoms in total. The first-order valence-corrected chi connectivity index (χ1v) is 6.97. The molecule has 0 saturated carbocycles. The number of halogens is 3. The van der Waals surface area contributed by atoms with Gasteiger partial charge in [0.15, 0.2) is 0 Å². The van der Waals surface area contributed by atoms with Crippen LogP contribution in [0.15, 0.2) is 42.5 Å². The molecule has 0 saturated heterocycles. The van der Waals surface area contributed by atoms with E-state index >= 15 is 0 Å². The highest BCUT2D eigenvalue weighted by Crippen LogP contribution is 2.39. The second-order valence-electron chi connectivity index (χ2n) is 5.59. The maximum absolute atomic E-state index is 13.0. The Bertz CT molecular complexity index is 589. The van der Waals surface area contributed by atoms with Crippen molar-refractivity contribution < 1.29 is 13.2 Å². The van der Waals surface area contributed by atoms with Gasteiger partial charge in [-0.15, -0.1) is 0 Å². The molecule has 0 unspecified atom stereocenters. The van der Waals surface area contributed by atoms with Crippen LogP contribution in [0, 0.1) is 20.8 Å². The lowest BCUT2D eigenvalue weighted by Gasteiger charge is -2.24. The van der Waals surface area contributed by atoms with Gasteiger partial charge in [-0.2, -0.15) is 13.2 Å². The van der Waals surface area contributed by atoms with Crippen LogP contribution in [0.1, 0.15) is 40.2 Å². The molecule has 0 N–H and O–H groups in total. The first-order chi connectivity index (χ1) is 9.78. The molecular weight excluding hydrogens is 273 g/mol. The van der Waals surface area contributed by atoms with Crippen LogP contribution in [0.4, 0.5) is 13.2 Å². The van der Waals surface area contributed by atoms with Gasteiger partial charge < -0.3 is 0 Å². The van der Waals surface area contributed by atoms with E-state index in [1.807, 2.05) is 39.0 Å². The zero-order valence-electron chi connectivity index (χ0n) is 12.5. The van der Waals surface area contributed by atoms with Crippen molar-refractivity contribution in [3.8, 4) is 0 Å². The SMILES string of the molecule is Cc1cc(C)c([C@@H](CC(F)(F)F)c2ccccc2)c(C)c1. The summed E-state index contributed by atoms with van der Waals surface area (Å²) >= 11 is 0. The van der Waals surface area contributed by atoms with Crippen LogP contribution in [0.5, 0.6) is 0 Å². The summed E-state index contributed by atoms with van der Waals surface area (Å²) in [5.41, 5.74) is 4.43. The average Bonchev–Trinajstić information content (AvgIpc) is 2.36. The Balaban J connectivity index is 2.56. The van der Waals surface area contributed by atoms with Gasteiger partial charge in [0.25, 0.3) is 0 Å². The van der Waals surface area contributed by atoms with Crippen LogP contribution >= 0.6 is 0 Å². The Morgan fingerprint density at radius 3 is 1.90 bits per heavy atom. The molecule has 21 heavy (non-hydrogen) atoms. The molecule has 0 aliphatic heterocycles. The lowest BCUT2D eigenvalue weighted by atomic mass is 9.82. The van der Waals surface area contributed by atoms with Crippen LogP contribution in [-0.4, -0.2) is 6.18 Å². The largest absolute Gasteiger partial charge is 0.390 e. The first-order valence-electron chi connectivity index (χ1n) is 6.97. The van der Waals surface area contributed by atoms with Crippen molar-refractivity contribution in [3.05, 3.63) is 70.3 Å². The van der Waals surface area contributed by atoms with E-state index in [-0.39, 0.29) is 0 Å². The second kappa shape index (κ2) is 5.92. The Hall–Kier alpha value is -1.77. The van der Waals surface area contributed by atoms with Gasteiger partial charge in [-0.25, -0.2) is 0 Å². The minimum atomic E-state index is -4.19. The number of benzene rings is 2. The summed E-state index contributed by atoms with van der Waals surface area (Å²) in [7, 11) is 0. The Kier molecular flexibility index (Phi) is 4.40. The summed E-state index contributed by atoms with van der Waals surface area (Å²) in [6.07, 6.45) is -5.02. The van der Waals surface area contributed by atoms with E-state index in [0.717, 1.165) is 22.3 Å². The van der Waals surface area contributed by atoms with E-state index in [1.165, 1.54) is 0 Å². The maximum Gasteiger partial charge on any atom is 0.390 e. The van der Waals surface area contributed by atoms with Crippen LogP contribution in [0.2, 0.25) is 0 Å². The van der Waals surface area contributed by atoms with Gasteiger partial charge in [0.1, 0.15) is 0 Å². The number of aryl methyl sites for hydroxylation is 3. The van der Waals surface area contributed by atoms with E-state index in [0.29, 0.717) is 5.56 Å². The Morgan fingerprint density at radius 1 is 0.905 bits per heavy atom. The van der Waals surface area contributed by atoms with Crippen molar-refractivity contribution in [2.75, 3.05) is 0 Å². The fourth-order valence-electron chi connectivity index (χ4n) is 3.04. The maximum atomic E-state index is 13.0. The topological polar surface area (TPSA) is 0 Å². The third-order valence-electron chi connectivity index (χ3n) is 3.72. The van der Waals surface area contributed by atoms with E-state index in [1.54, 1.807) is 24.3 Å². The monoisotopic (exact) mass is 292 g/mol. The highest BCUT2D eigenvalue weighted by atomic mass is 19.4. The predicted molar refractivity (Wildman–Crippen MR) is 79.6 cm³/mol. The summed E-state index contributed by atoms with van der Waals surface area (Å²) in [5, 5.41) is 0. The summed E-state index contributed by atoms with van der Waals surface area (Å²) in [5.74, 6) is -0.646. The van der Waals surface area contributed by atoms with E-state index in [2.05, 4.69) is 0 Å². The van der Waals surface area contributed by atoms with Gasteiger partial charge in [0.05, 0.1) is 6.42 Å². The fourth-order valence-corrected chi connectivity index (χ4v) is 3.04. The summed E-state index contributed by atoms with van der Waals surface area (Å²) in [6.45, 7) is 5.74. The predicted octanol–water partition coefficient (Wildman–Crippen LogP) is 5.70. The van der Waals surface area contributed by atoms with Gasteiger partial charge in [0, 0.05) is 5.92 Å². The van der Waals surface area contributed by atoms with Gasteiger partial charge >= 0.3 is 6.18 Å². The number of hydrogen-bond donors (Lipinski definition) is 0. The molecule has 1 atom stereocenters. The van der Waals surface area contributed by atoms with Gasteiger partial charge in [-0.3, -0.25) is 0 Å². The number of alkyl halides is 3. The number of rotatable bonds is 3. The Morgan fingerprint density at radius 2 is 1.43 bits per heavy atom.